The van der Waals surface area contributed by atoms with Crippen LogP contribution in [0, 0.1) is 0 Å². The van der Waals surface area contributed by atoms with Crippen molar-refractivity contribution in [3.8, 4) is 0 Å². The molecule has 0 aliphatic carbocycles. The molecule has 1 rings (SSSR count). The van der Waals surface area contributed by atoms with E-state index in [0.29, 0.717) is 0 Å². The van der Waals surface area contributed by atoms with E-state index in [1.807, 2.05) is 57.2 Å². The van der Waals surface area contributed by atoms with Gasteiger partial charge in [-0.05, 0) is 38.5 Å². The molecule has 0 bridgehead atoms. The molecule has 1 aromatic carbocycles. The number of hydrogen-bond acceptors (Lipinski definition) is 2. The maximum Gasteiger partial charge on any atom is 0.331 e. The van der Waals surface area contributed by atoms with Gasteiger partial charge in [-0.25, -0.2) is 4.79 Å². The smallest absolute Gasteiger partial charge is 0.331 e. The summed E-state index contributed by atoms with van der Waals surface area (Å²) in [6.45, 7) is 5.53. The SMILES string of the molecule is CC(C)(C)OC(=O)/C=C/C=C/c1ccc(Br)cc1. The first-order valence-corrected chi connectivity index (χ1v) is 6.49. The van der Waals surface area contributed by atoms with Crippen molar-refractivity contribution in [2.75, 3.05) is 0 Å². The minimum Gasteiger partial charge on any atom is -0.457 e. The van der Waals surface area contributed by atoms with Crippen LogP contribution in [0.2, 0.25) is 0 Å². The van der Waals surface area contributed by atoms with Crippen LogP contribution in [0.5, 0.6) is 0 Å². The Balaban J connectivity index is 2.49. The first-order valence-electron chi connectivity index (χ1n) is 5.70. The summed E-state index contributed by atoms with van der Waals surface area (Å²) < 4.78 is 6.19. The van der Waals surface area contributed by atoms with Gasteiger partial charge in [0.05, 0.1) is 0 Å². The predicted molar refractivity (Wildman–Crippen MR) is 78.2 cm³/mol. The number of hydrogen-bond donors (Lipinski definition) is 0. The molecular weight excluding hydrogens is 292 g/mol. The van der Waals surface area contributed by atoms with Gasteiger partial charge in [0.2, 0.25) is 0 Å². The van der Waals surface area contributed by atoms with Crippen LogP contribution < -0.4 is 0 Å². The van der Waals surface area contributed by atoms with Crippen LogP contribution in [0.3, 0.4) is 0 Å². The molecule has 0 saturated carbocycles. The molecule has 0 amide bonds. The maximum absolute atomic E-state index is 11.4. The fraction of sp³-hybridized carbons (Fsp3) is 0.267. The Hall–Kier alpha value is -1.35. The average Bonchev–Trinajstić information content (AvgIpc) is 2.24. The van der Waals surface area contributed by atoms with Gasteiger partial charge >= 0.3 is 5.97 Å². The largest absolute Gasteiger partial charge is 0.457 e. The minimum atomic E-state index is -0.448. The van der Waals surface area contributed by atoms with Gasteiger partial charge in [0, 0.05) is 10.5 Å². The maximum atomic E-state index is 11.4. The van der Waals surface area contributed by atoms with E-state index in [9.17, 15) is 4.79 Å². The number of esters is 1. The summed E-state index contributed by atoms with van der Waals surface area (Å²) in [6.07, 6.45) is 6.83. The van der Waals surface area contributed by atoms with Gasteiger partial charge in [0.25, 0.3) is 0 Å². The number of halogens is 1. The Bertz CT molecular complexity index is 450. The fourth-order valence-corrected chi connectivity index (χ4v) is 1.47. The Kier molecular flexibility index (Phi) is 5.35. The van der Waals surface area contributed by atoms with Crippen LogP contribution in [0.4, 0.5) is 0 Å². The van der Waals surface area contributed by atoms with Gasteiger partial charge in [-0.1, -0.05) is 46.3 Å². The van der Waals surface area contributed by atoms with Crippen molar-refractivity contribution < 1.29 is 9.53 Å². The average molecular weight is 309 g/mol. The van der Waals surface area contributed by atoms with E-state index in [-0.39, 0.29) is 5.97 Å². The van der Waals surface area contributed by atoms with E-state index >= 15 is 0 Å². The number of benzene rings is 1. The van der Waals surface area contributed by atoms with Crippen molar-refractivity contribution in [3.63, 3.8) is 0 Å². The molecule has 2 nitrogen and oxygen atoms in total. The second-order valence-electron chi connectivity index (χ2n) is 4.80. The molecule has 0 aliphatic heterocycles. The molecule has 0 aromatic heterocycles. The molecule has 0 atom stereocenters. The molecule has 3 heteroatoms. The van der Waals surface area contributed by atoms with E-state index in [4.69, 9.17) is 4.74 Å². The third-order valence-corrected chi connectivity index (χ3v) is 2.44. The van der Waals surface area contributed by atoms with Gasteiger partial charge in [-0.3, -0.25) is 0 Å². The minimum absolute atomic E-state index is 0.331. The zero-order valence-corrected chi connectivity index (χ0v) is 12.4. The Morgan fingerprint density at radius 3 is 2.33 bits per heavy atom. The van der Waals surface area contributed by atoms with Crippen LogP contribution in [0.15, 0.2) is 47.0 Å². The molecule has 96 valence electrons. The van der Waals surface area contributed by atoms with Crippen molar-refractivity contribution in [3.05, 3.63) is 52.5 Å². The second-order valence-corrected chi connectivity index (χ2v) is 5.72. The van der Waals surface area contributed by atoms with E-state index in [2.05, 4.69) is 15.9 Å². The summed E-state index contributed by atoms with van der Waals surface area (Å²) in [5.41, 5.74) is 0.628. The lowest BCUT2D eigenvalue weighted by Gasteiger charge is -2.17. The van der Waals surface area contributed by atoms with Crippen molar-refractivity contribution in [1.82, 2.24) is 0 Å². The summed E-state index contributed by atoms with van der Waals surface area (Å²) in [5.74, 6) is -0.331. The van der Waals surface area contributed by atoms with Crippen LogP contribution in [-0.4, -0.2) is 11.6 Å². The Labute approximate surface area is 116 Å². The lowest BCUT2D eigenvalue weighted by atomic mass is 10.2. The highest BCUT2D eigenvalue weighted by molar-refractivity contribution is 9.10. The molecule has 0 spiro atoms. The lowest BCUT2D eigenvalue weighted by molar-refractivity contribution is -0.148. The number of ether oxygens (including phenoxy) is 1. The molecule has 0 heterocycles. The second kappa shape index (κ2) is 6.55. The van der Waals surface area contributed by atoms with Crippen LogP contribution in [0.25, 0.3) is 6.08 Å². The van der Waals surface area contributed by atoms with E-state index in [1.165, 1.54) is 6.08 Å². The molecule has 0 radical (unpaired) electrons. The molecule has 0 fully saturated rings. The molecule has 0 unspecified atom stereocenters. The monoisotopic (exact) mass is 308 g/mol. The number of rotatable bonds is 3. The van der Waals surface area contributed by atoms with Crippen LogP contribution in [-0.2, 0) is 9.53 Å². The zero-order chi connectivity index (χ0) is 13.6. The number of carbonyl (C=O) groups excluding carboxylic acids is 1. The van der Waals surface area contributed by atoms with E-state index in [1.54, 1.807) is 6.08 Å². The molecule has 0 saturated heterocycles. The van der Waals surface area contributed by atoms with Crippen molar-refractivity contribution >= 4 is 28.0 Å². The highest BCUT2D eigenvalue weighted by Gasteiger charge is 2.13. The molecule has 1 aromatic rings. The standard InChI is InChI=1S/C15H17BrO2/c1-15(2,3)18-14(17)7-5-4-6-12-8-10-13(16)11-9-12/h4-11H,1-3H3/b6-4+,7-5+. The third-order valence-electron chi connectivity index (χ3n) is 1.91. The van der Waals surface area contributed by atoms with Gasteiger partial charge < -0.3 is 4.74 Å². The normalized spacial score (nSPS) is 12.2. The summed E-state index contributed by atoms with van der Waals surface area (Å²) in [5, 5.41) is 0. The summed E-state index contributed by atoms with van der Waals surface area (Å²) in [6, 6.07) is 7.91. The van der Waals surface area contributed by atoms with E-state index < -0.39 is 5.60 Å². The van der Waals surface area contributed by atoms with Gasteiger partial charge in [0.15, 0.2) is 0 Å². The number of carbonyl (C=O) groups is 1. The summed E-state index contributed by atoms with van der Waals surface area (Å²) >= 11 is 3.37. The van der Waals surface area contributed by atoms with Gasteiger partial charge in [-0.2, -0.15) is 0 Å². The first kappa shape index (κ1) is 14.7. The predicted octanol–water partition coefficient (Wildman–Crippen LogP) is 4.36. The highest BCUT2D eigenvalue weighted by Crippen LogP contribution is 2.11. The molecular formula is C15H17BrO2. The fourth-order valence-electron chi connectivity index (χ4n) is 1.21. The molecule has 18 heavy (non-hydrogen) atoms. The van der Waals surface area contributed by atoms with Crippen LogP contribution in [0.1, 0.15) is 26.3 Å². The third kappa shape index (κ3) is 6.40. The quantitative estimate of drug-likeness (QED) is 0.471. The first-order chi connectivity index (χ1) is 8.37. The summed E-state index contributed by atoms with van der Waals surface area (Å²) in [4.78, 5) is 11.4. The Morgan fingerprint density at radius 1 is 1.17 bits per heavy atom. The molecule has 0 N–H and O–H groups in total. The highest BCUT2D eigenvalue weighted by atomic mass is 79.9. The molecule has 0 aliphatic rings. The van der Waals surface area contributed by atoms with Crippen molar-refractivity contribution in [2.45, 2.75) is 26.4 Å². The number of allylic oxidation sites excluding steroid dienone is 2. The zero-order valence-electron chi connectivity index (χ0n) is 10.8. The van der Waals surface area contributed by atoms with Gasteiger partial charge in [-0.15, -0.1) is 0 Å². The Morgan fingerprint density at radius 2 is 1.78 bits per heavy atom. The van der Waals surface area contributed by atoms with Crippen molar-refractivity contribution in [2.24, 2.45) is 0 Å². The topological polar surface area (TPSA) is 26.3 Å². The van der Waals surface area contributed by atoms with E-state index in [0.717, 1.165) is 10.0 Å². The van der Waals surface area contributed by atoms with Crippen molar-refractivity contribution in [1.29, 1.82) is 0 Å². The van der Waals surface area contributed by atoms with Crippen LogP contribution >= 0.6 is 15.9 Å². The summed E-state index contributed by atoms with van der Waals surface area (Å²) in [7, 11) is 0. The lowest BCUT2D eigenvalue weighted by Crippen LogP contribution is -2.22. The van der Waals surface area contributed by atoms with Gasteiger partial charge in [0.1, 0.15) is 5.60 Å².